The Morgan fingerprint density at radius 2 is 1.52 bits per heavy atom. The Bertz CT molecular complexity index is 603. The monoisotopic (exact) mass is 292 g/mol. The van der Waals surface area contributed by atoms with Crippen LogP contribution in [0.1, 0.15) is 18.6 Å². The summed E-state index contributed by atoms with van der Waals surface area (Å²) in [6, 6.07) is 9.07. The summed E-state index contributed by atoms with van der Waals surface area (Å²) in [6.07, 6.45) is -0.844. The van der Waals surface area contributed by atoms with Gasteiger partial charge >= 0.3 is 0 Å². The van der Waals surface area contributed by atoms with Crippen molar-refractivity contribution in [2.24, 2.45) is 0 Å². The lowest BCUT2D eigenvalue weighted by atomic mass is 10.1. The van der Waals surface area contributed by atoms with Crippen molar-refractivity contribution in [3.63, 3.8) is 0 Å². The van der Waals surface area contributed by atoms with Crippen molar-refractivity contribution >= 4 is 0 Å². The minimum Gasteiger partial charge on any atom is -0.496 e. The maximum Gasteiger partial charge on any atom is 0.134 e. The smallest absolute Gasteiger partial charge is 0.134 e. The third-order valence-corrected chi connectivity index (χ3v) is 2.97. The molecule has 0 heterocycles. The highest BCUT2D eigenvalue weighted by atomic mass is 19.1. The molecule has 21 heavy (non-hydrogen) atoms. The summed E-state index contributed by atoms with van der Waals surface area (Å²) in [7, 11) is 3.08. The van der Waals surface area contributed by atoms with Crippen molar-refractivity contribution in [2.45, 2.75) is 13.0 Å². The maximum atomic E-state index is 13.3. The van der Waals surface area contributed by atoms with Crippen LogP contribution in [-0.4, -0.2) is 19.3 Å². The first-order chi connectivity index (χ1) is 10.0. The number of methoxy groups -OCH3 is 2. The Hall–Kier alpha value is -2.27. The Morgan fingerprint density at radius 3 is 2.05 bits per heavy atom. The van der Waals surface area contributed by atoms with E-state index >= 15 is 0 Å². The molecule has 0 saturated carbocycles. The third-order valence-electron chi connectivity index (χ3n) is 2.97. The van der Waals surface area contributed by atoms with Crippen LogP contribution >= 0.6 is 0 Å². The highest BCUT2D eigenvalue weighted by molar-refractivity contribution is 5.45. The largest absolute Gasteiger partial charge is 0.496 e. The first-order valence-electron chi connectivity index (χ1n) is 6.42. The molecule has 0 spiro atoms. The van der Waals surface area contributed by atoms with E-state index in [1.165, 1.54) is 32.4 Å². The predicted molar refractivity (Wildman–Crippen MR) is 76.7 cm³/mol. The van der Waals surface area contributed by atoms with Crippen LogP contribution in [0.2, 0.25) is 0 Å². The van der Waals surface area contributed by atoms with Gasteiger partial charge in [-0.2, -0.15) is 0 Å². The van der Waals surface area contributed by atoms with E-state index in [1.54, 1.807) is 25.1 Å². The zero-order valence-corrected chi connectivity index (χ0v) is 12.1. The number of hydrogen-bond donors (Lipinski definition) is 1. The van der Waals surface area contributed by atoms with Crippen LogP contribution in [0.3, 0.4) is 0 Å². The van der Waals surface area contributed by atoms with E-state index < -0.39 is 11.9 Å². The van der Waals surface area contributed by atoms with Gasteiger partial charge in [0, 0.05) is 23.8 Å². The van der Waals surface area contributed by atoms with Crippen LogP contribution in [0.25, 0.3) is 0 Å². The van der Waals surface area contributed by atoms with Crippen molar-refractivity contribution < 1.29 is 23.7 Å². The normalized spacial score (nSPS) is 11.9. The van der Waals surface area contributed by atoms with E-state index in [0.29, 0.717) is 28.6 Å². The van der Waals surface area contributed by atoms with Gasteiger partial charge in [-0.25, -0.2) is 4.39 Å². The molecule has 1 unspecified atom stereocenters. The lowest BCUT2D eigenvalue weighted by Crippen LogP contribution is -1.98. The topological polar surface area (TPSA) is 47.9 Å². The fourth-order valence-corrected chi connectivity index (χ4v) is 1.91. The lowest BCUT2D eigenvalue weighted by Gasteiger charge is -2.14. The minimum atomic E-state index is -0.844. The van der Waals surface area contributed by atoms with Crippen molar-refractivity contribution in [2.75, 3.05) is 14.2 Å². The molecule has 0 saturated heterocycles. The molecular weight excluding hydrogens is 275 g/mol. The molecule has 2 rings (SSSR count). The van der Waals surface area contributed by atoms with Gasteiger partial charge in [0.1, 0.15) is 28.8 Å². The third kappa shape index (κ3) is 3.64. The lowest BCUT2D eigenvalue weighted by molar-refractivity contribution is 0.195. The summed E-state index contributed by atoms with van der Waals surface area (Å²) < 4.78 is 29.3. The second kappa shape index (κ2) is 6.45. The number of halogens is 1. The highest BCUT2D eigenvalue weighted by Gasteiger charge is 2.12. The highest BCUT2D eigenvalue weighted by Crippen LogP contribution is 2.34. The average molecular weight is 292 g/mol. The van der Waals surface area contributed by atoms with Crippen LogP contribution in [0.15, 0.2) is 36.4 Å². The van der Waals surface area contributed by atoms with Crippen LogP contribution in [0, 0.1) is 5.82 Å². The number of aliphatic hydroxyl groups is 1. The fourth-order valence-electron chi connectivity index (χ4n) is 1.91. The molecule has 0 amide bonds. The summed E-state index contributed by atoms with van der Waals surface area (Å²) in [6.45, 7) is 1.55. The second-order valence-corrected chi connectivity index (χ2v) is 4.51. The summed E-state index contributed by atoms with van der Waals surface area (Å²) in [5, 5.41) is 9.71. The number of ether oxygens (including phenoxy) is 3. The Labute approximate surface area is 122 Å². The predicted octanol–water partition coefficient (Wildman–Crippen LogP) is 3.69. The van der Waals surface area contributed by atoms with Gasteiger partial charge in [-0.05, 0) is 25.1 Å². The summed E-state index contributed by atoms with van der Waals surface area (Å²) in [5.74, 6) is 1.57. The van der Waals surface area contributed by atoms with Gasteiger partial charge in [0.05, 0.1) is 20.3 Å². The molecule has 0 radical (unpaired) electrons. The summed E-state index contributed by atoms with van der Waals surface area (Å²) in [4.78, 5) is 0. The van der Waals surface area contributed by atoms with Crippen LogP contribution in [0.4, 0.5) is 4.39 Å². The van der Waals surface area contributed by atoms with E-state index in [0.717, 1.165) is 0 Å². The summed E-state index contributed by atoms with van der Waals surface area (Å²) >= 11 is 0. The SMILES string of the molecule is COc1cc(OC)cc(Oc2ccc(F)cc2C(C)O)c1. The van der Waals surface area contributed by atoms with E-state index in [1.807, 2.05) is 0 Å². The van der Waals surface area contributed by atoms with Crippen LogP contribution in [0.5, 0.6) is 23.0 Å². The first kappa shape index (κ1) is 15.1. The van der Waals surface area contributed by atoms with Gasteiger partial charge in [0.15, 0.2) is 0 Å². The minimum absolute atomic E-state index is 0.372. The number of hydrogen-bond acceptors (Lipinski definition) is 4. The molecule has 0 fully saturated rings. The van der Waals surface area contributed by atoms with Gasteiger partial charge in [0.2, 0.25) is 0 Å². The molecule has 2 aromatic carbocycles. The molecule has 1 N–H and O–H groups in total. The number of aliphatic hydroxyl groups excluding tert-OH is 1. The Balaban J connectivity index is 2.38. The van der Waals surface area contributed by atoms with E-state index in [4.69, 9.17) is 14.2 Å². The molecule has 5 heteroatoms. The van der Waals surface area contributed by atoms with Gasteiger partial charge in [0.25, 0.3) is 0 Å². The Kier molecular flexibility index (Phi) is 4.65. The molecule has 0 aliphatic heterocycles. The molecule has 112 valence electrons. The molecule has 0 bridgehead atoms. The maximum absolute atomic E-state index is 13.3. The van der Waals surface area contributed by atoms with E-state index in [-0.39, 0.29) is 0 Å². The Morgan fingerprint density at radius 1 is 0.952 bits per heavy atom. The quantitative estimate of drug-likeness (QED) is 0.913. The second-order valence-electron chi connectivity index (χ2n) is 4.51. The molecule has 0 aliphatic carbocycles. The van der Waals surface area contributed by atoms with Crippen molar-refractivity contribution in [1.82, 2.24) is 0 Å². The van der Waals surface area contributed by atoms with Crippen molar-refractivity contribution in [1.29, 1.82) is 0 Å². The van der Waals surface area contributed by atoms with Crippen molar-refractivity contribution in [3.05, 3.63) is 47.8 Å². The first-order valence-corrected chi connectivity index (χ1v) is 6.42. The number of rotatable bonds is 5. The van der Waals surface area contributed by atoms with E-state index in [2.05, 4.69) is 0 Å². The van der Waals surface area contributed by atoms with Crippen LogP contribution < -0.4 is 14.2 Å². The molecule has 0 aromatic heterocycles. The average Bonchev–Trinajstić information content (AvgIpc) is 2.48. The van der Waals surface area contributed by atoms with Gasteiger partial charge in [-0.15, -0.1) is 0 Å². The van der Waals surface area contributed by atoms with Crippen molar-refractivity contribution in [3.8, 4) is 23.0 Å². The van der Waals surface area contributed by atoms with Gasteiger partial charge in [-0.1, -0.05) is 0 Å². The fraction of sp³-hybridized carbons (Fsp3) is 0.250. The zero-order valence-electron chi connectivity index (χ0n) is 12.1. The van der Waals surface area contributed by atoms with Crippen LogP contribution in [-0.2, 0) is 0 Å². The molecule has 1 atom stereocenters. The van der Waals surface area contributed by atoms with E-state index in [9.17, 15) is 9.50 Å². The molecule has 0 aliphatic rings. The standard InChI is InChI=1S/C16H17FO4/c1-10(18)15-6-11(17)4-5-16(15)21-14-8-12(19-2)7-13(9-14)20-3/h4-10,18H,1-3H3. The number of benzene rings is 2. The van der Waals surface area contributed by atoms with Gasteiger partial charge in [-0.3, -0.25) is 0 Å². The molecule has 2 aromatic rings. The van der Waals surface area contributed by atoms with Gasteiger partial charge < -0.3 is 19.3 Å². The molecule has 4 nitrogen and oxygen atoms in total. The summed E-state index contributed by atoms with van der Waals surface area (Å²) in [5.41, 5.74) is 0.372. The molecular formula is C16H17FO4. The zero-order chi connectivity index (χ0) is 15.4.